The molecule has 160 valence electrons. The molecule has 6 rings (SSSR count). The molecule has 0 aliphatic carbocycles. The Labute approximate surface area is 188 Å². The Hall–Kier alpha value is -4.78. The van der Waals surface area contributed by atoms with Crippen LogP contribution in [0.3, 0.4) is 0 Å². The summed E-state index contributed by atoms with van der Waals surface area (Å²) in [5.41, 5.74) is 7.94. The SMILES string of the molecule is C1=Cc2cc3ccc(cc4ccc(cc5nc(cc1n2)C=C5)[nH]4)[nH]3.O=C(O)c1ccccn1. The first-order valence-electron chi connectivity index (χ1n) is 10.3. The molecule has 0 aromatic carbocycles. The van der Waals surface area contributed by atoms with E-state index in [9.17, 15) is 4.79 Å². The van der Waals surface area contributed by atoms with Gasteiger partial charge in [0.25, 0.3) is 0 Å². The van der Waals surface area contributed by atoms with E-state index in [1.807, 2.05) is 42.5 Å². The zero-order chi connectivity index (χ0) is 22.6. The second-order valence-corrected chi connectivity index (χ2v) is 7.43. The Kier molecular flexibility index (Phi) is 5.35. The first-order valence-corrected chi connectivity index (χ1v) is 10.3. The van der Waals surface area contributed by atoms with Gasteiger partial charge in [-0.25, -0.2) is 19.7 Å². The molecular formula is C26H19N5O2. The molecule has 3 N–H and O–H groups in total. The van der Waals surface area contributed by atoms with Gasteiger partial charge < -0.3 is 15.1 Å². The van der Waals surface area contributed by atoms with Gasteiger partial charge in [0.2, 0.25) is 0 Å². The molecule has 4 aromatic heterocycles. The molecule has 2 aliphatic heterocycles. The summed E-state index contributed by atoms with van der Waals surface area (Å²) in [6.07, 6.45) is 9.50. The topological polar surface area (TPSA) is 108 Å². The predicted molar refractivity (Wildman–Crippen MR) is 130 cm³/mol. The predicted octanol–water partition coefficient (Wildman–Crippen LogP) is 5.44. The molecule has 0 amide bonds. The van der Waals surface area contributed by atoms with Crippen molar-refractivity contribution in [2.45, 2.75) is 0 Å². The molecule has 0 saturated heterocycles. The minimum Gasteiger partial charge on any atom is -0.477 e. The number of carboxylic acid groups (broad SMARTS) is 1. The number of aromatic carboxylic acids is 1. The highest BCUT2D eigenvalue weighted by Gasteiger charge is 2.02. The molecule has 0 radical (unpaired) electrons. The highest BCUT2D eigenvalue weighted by molar-refractivity contribution is 5.85. The number of H-pyrrole nitrogens is 2. The lowest BCUT2D eigenvalue weighted by Crippen LogP contribution is -1.97. The van der Waals surface area contributed by atoms with Crippen molar-refractivity contribution in [2.75, 3.05) is 0 Å². The number of hydrogen-bond acceptors (Lipinski definition) is 4. The largest absolute Gasteiger partial charge is 0.477 e. The molecule has 33 heavy (non-hydrogen) atoms. The Morgan fingerprint density at radius 2 is 1.12 bits per heavy atom. The summed E-state index contributed by atoms with van der Waals surface area (Å²) >= 11 is 0. The normalized spacial score (nSPS) is 11.6. The standard InChI is InChI=1S/C20H14N4.C6H5NO2/c1-2-14-10-16-5-6-18(23-16)12-20-8-7-19(24-20)11-17-4-3-15(22-17)9-13(1)21-14;8-6(9)5-3-1-2-4-7-5/h1-12,21-22H;1-4H,(H,8,9). The highest BCUT2D eigenvalue weighted by Crippen LogP contribution is 2.17. The zero-order valence-corrected chi connectivity index (χ0v) is 17.4. The van der Waals surface area contributed by atoms with Crippen LogP contribution in [-0.2, 0) is 0 Å². The minimum absolute atomic E-state index is 0.0810. The lowest BCUT2D eigenvalue weighted by molar-refractivity contribution is 0.0690. The second-order valence-electron chi connectivity index (χ2n) is 7.43. The van der Waals surface area contributed by atoms with Gasteiger partial charge in [-0.05, 0) is 85.0 Å². The van der Waals surface area contributed by atoms with Crippen LogP contribution in [0, 0.1) is 0 Å². The van der Waals surface area contributed by atoms with Crippen molar-refractivity contribution < 1.29 is 9.90 Å². The Morgan fingerprint density at radius 1 is 0.636 bits per heavy atom. The summed E-state index contributed by atoms with van der Waals surface area (Å²) < 4.78 is 0. The molecule has 4 aromatic rings. The van der Waals surface area contributed by atoms with Crippen LogP contribution in [0.5, 0.6) is 0 Å². The van der Waals surface area contributed by atoms with Gasteiger partial charge in [0, 0.05) is 28.3 Å². The van der Waals surface area contributed by atoms with Gasteiger partial charge in [0.05, 0.1) is 22.8 Å². The van der Waals surface area contributed by atoms with Crippen LogP contribution < -0.4 is 0 Å². The van der Waals surface area contributed by atoms with Gasteiger partial charge in [-0.3, -0.25) is 0 Å². The third-order valence-corrected chi connectivity index (χ3v) is 4.93. The van der Waals surface area contributed by atoms with Crippen molar-refractivity contribution >= 4 is 52.3 Å². The van der Waals surface area contributed by atoms with Gasteiger partial charge in [0.1, 0.15) is 5.69 Å². The molecule has 7 nitrogen and oxygen atoms in total. The van der Waals surface area contributed by atoms with E-state index < -0.39 is 5.97 Å². The van der Waals surface area contributed by atoms with Crippen LogP contribution in [0.15, 0.2) is 72.9 Å². The molecule has 0 saturated carbocycles. The minimum atomic E-state index is -0.990. The number of carbonyl (C=O) groups is 1. The van der Waals surface area contributed by atoms with E-state index in [4.69, 9.17) is 5.11 Å². The monoisotopic (exact) mass is 433 g/mol. The van der Waals surface area contributed by atoms with Gasteiger partial charge in [-0.15, -0.1) is 0 Å². The summed E-state index contributed by atoms with van der Waals surface area (Å²) in [5, 5.41) is 8.32. The average molecular weight is 433 g/mol. The van der Waals surface area contributed by atoms with E-state index >= 15 is 0 Å². The van der Waals surface area contributed by atoms with Crippen molar-refractivity contribution in [1.29, 1.82) is 0 Å². The summed E-state index contributed by atoms with van der Waals surface area (Å²) in [4.78, 5) is 29.7. The van der Waals surface area contributed by atoms with Crippen LogP contribution in [0.1, 0.15) is 33.3 Å². The summed E-state index contributed by atoms with van der Waals surface area (Å²) in [6.45, 7) is 0. The van der Waals surface area contributed by atoms with E-state index in [1.54, 1.807) is 12.1 Å². The first-order chi connectivity index (χ1) is 16.1. The number of carboxylic acids is 1. The number of aromatic amines is 2. The Balaban J connectivity index is 0.000000215. The van der Waals surface area contributed by atoms with Crippen molar-refractivity contribution in [1.82, 2.24) is 24.9 Å². The van der Waals surface area contributed by atoms with Gasteiger partial charge in [-0.1, -0.05) is 6.07 Å². The molecule has 7 heteroatoms. The second kappa shape index (κ2) is 8.76. The average Bonchev–Trinajstić information content (AvgIpc) is 3.61. The van der Waals surface area contributed by atoms with Crippen molar-refractivity contribution in [3.05, 3.63) is 101 Å². The smallest absolute Gasteiger partial charge is 0.354 e. The summed E-state index contributed by atoms with van der Waals surface area (Å²) in [7, 11) is 0. The van der Waals surface area contributed by atoms with Crippen LogP contribution in [-0.4, -0.2) is 36.0 Å². The number of nitrogens with one attached hydrogen (secondary N) is 2. The van der Waals surface area contributed by atoms with Gasteiger partial charge >= 0.3 is 5.97 Å². The van der Waals surface area contributed by atoms with Crippen LogP contribution in [0.25, 0.3) is 46.4 Å². The van der Waals surface area contributed by atoms with Crippen molar-refractivity contribution in [3.63, 3.8) is 0 Å². The van der Waals surface area contributed by atoms with E-state index in [1.165, 1.54) is 12.3 Å². The lowest BCUT2D eigenvalue weighted by Gasteiger charge is -1.87. The fourth-order valence-corrected chi connectivity index (χ4v) is 3.43. The molecule has 0 atom stereocenters. The number of aromatic nitrogens is 5. The fourth-order valence-electron chi connectivity index (χ4n) is 3.43. The molecule has 0 spiro atoms. The molecule has 8 bridgehead atoms. The van der Waals surface area contributed by atoms with Gasteiger partial charge in [-0.2, -0.15) is 0 Å². The van der Waals surface area contributed by atoms with Crippen LogP contribution in [0.2, 0.25) is 0 Å². The number of fused-ring (bicyclic) bond motifs is 8. The van der Waals surface area contributed by atoms with E-state index in [2.05, 4.69) is 55.3 Å². The molecular weight excluding hydrogens is 414 g/mol. The maximum Gasteiger partial charge on any atom is 0.354 e. The summed E-state index contributed by atoms with van der Waals surface area (Å²) in [6, 6.07) is 21.2. The third kappa shape index (κ3) is 4.94. The zero-order valence-electron chi connectivity index (χ0n) is 17.4. The third-order valence-electron chi connectivity index (χ3n) is 4.93. The number of rotatable bonds is 1. The summed E-state index contributed by atoms with van der Waals surface area (Å²) in [5.74, 6) is -0.990. The number of hydrogen-bond donors (Lipinski definition) is 3. The number of pyridine rings is 1. The fraction of sp³-hybridized carbons (Fsp3) is 0. The van der Waals surface area contributed by atoms with E-state index in [-0.39, 0.29) is 5.69 Å². The molecule has 2 aliphatic rings. The van der Waals surface area contributed by atoms with Crippen molar-refractivity contribution in [3.8, 4) is 0 Å². The quantitative estimate of drug-likeness (QED) is 0.320. The maximum atomic E-state index is 10.1. The first kappa shape index (κ1) is 20.1. The maximum absolute atomic E-state index is 10.1. The van der Waals surface area contributed by atoms with E-state index in [0.29, 0.717) is 0 Å². The molecule has 6 heterocycles. The van der Waals surface area contributed by atoms with Crippen LogP contribution in [0.4, 0.5) is 0 Å². The highest BCUT2D eigenvalue weighted by atomic mass is 16.4. The van der Waals surface area contributed by atoms with Gasteiger partial charge in [0.15, 0.2) is 0 Å². The number of nitrogens with zero attached hydrogens (tertiary/aromatic N) is 3. The van der Waals surface area contributed by atoms with Crippen LogP contribution >= 0.6 is 0 Å². The molecule has 0 unspecified atom stereocenters. The Bertz CT molecular complexity index is 1460. The molecule has 0 fully saturated rings. The lowest BCUT2D eigenvalue weighted by atomic mass is 10.3. The van der Waals surface area contributed by atoms with Crippen molar-refractivity contribution in [2.24, 2.45) is 0 Å². The Morgan fingerprint density at radius 3 is 1.55 bits per heavy atom. The van der Waals surface area contributed by atoms with E-state index in [0.717, 1.165) is 44.8 Å².